The van der Waals surface area contributed by atoms with Crippen molar-refractivity contribution >= 4 is 0 Å². The van der Waals surface area contributed by atoms with Crippen molar-refractivity contribution in [1.82, 2.24) is 5.32 Å². The van der Waals surface area contributed by atoms with Crippen molar-refractivity contribution in [2.45, 2.75) is 18.9 Å². The number of hydrogen-bond acceptors (Lipinski definition) is 3. The predicted octanol–water partition coefficient (Wildman–Crippen LogP) is -0.661. The van der Waals surface area contributed by atoms with Crippen LogP contribution < -0.4 is 5.32 Å². The van der Waals surface area contributed by atoms with Gasteiger partial charge >= 0.3 is 0 Å². The van der Waals surface area contributed by atoms with Crippen molar-refractivity contribution in [1.29, 1.82) is 0 Å². The zero-order chi connectivity index (χ0) is 7.40. The molecule has 0 aromatic carbocycles. The van der Waals surface area contributed by atoms with Gasteiger partial charge in [-0.3, -0.25) is 0 Å². The van der Waals surface area contributed by atoms with E-state index in [0.29, 0.717) is 5.92 Å². The highest BCUT2D eigenvalue weighted by atomic mass is 16.3. The van der Waals surface area contributed by atoms with Crippen molar-refractivity contribution < 1.29 is 10.2 Å². The fraction of sp³-hybridized carbons (Fsp3) is 1.00. The maximum atomic E-state index is 8.79. The summed E-state index contributed by atoms with van der Waals surface area (Å²) >= 11 is 0. The van der Waals surface area contributed by atoms with Crippen LogP contribution in [0.15, 0.2) is 0 Å². The molecule has 0 aromatic heterocycles. The molecular weight excluding hydrogens is 130 g/mol. The lowest BCUT2D eigenvalue weighted by Gasteiger charge is -2.27. The lowest BCUT2D eigenvalue weighted by molar-refractivity contribution is 0.144. The molecule has 1 rings (SSSR count). The van der Waals surface area contributed by atoms with Crippen molar-refractivity contribution in [3.63, 3.8) is 0 Å². The van der Waals surface area contributed by atoms with Crippen LogP contribution in [0.5, 0.6) is 0 Å². The normalized spacial score (nSPS) is 34.2. The Morgan fingerprint density at radius 1 is 1.30 bits per heavy atom. The summed E-state index contributed by atoms with van der Waals surface area (Å²) in [6.07, 6.45) is 1.94. The van der Waals surface area contributed by atoms with E-state index in [0.717, 1.165) is 19.4 Å². The molecule has 1 fully saturated rings. The largest absolute Gasteiger partial charge is 0.396 e. The van der Waals surface area contributed by atoms with E-state index in [1.807, 2.05) is 0 Å². The van der Waals surface area contributed by atoms with Gasteiger partial charge in [0.15, 0.2) is 0 Å². The third-order valence-electron chi connectivity index (χ3n) is 2.08. The minimum atomic E-state index is 0.191. The zero-order valence-electron chi connectivity index (χ0n) is 6.08. The average Bonchev–Trinajstić information content (AvgIpc) is 2.05. The Bertz CT molecular complexity index is 87.6. The first-order chi connectivity index (χ1) is 4.86. The standard InChI is InChI=1S/C7H15NO2/c9-4-6-1-2-8-7(3-6)5-10/h6-10H,1-5H2/t6-,7+/m0/s1. The molecule has 0 unspecified atom stereocenters. The van der Waals surface area contributed by atoms with E-state index >= 15 is 0 Å². The van der Waals surface area contributed by atoms with Crippen LogP contribution in [-0.4, -0.2) is 36.0 Å². The monoisotopic (exact) mass is 145 g/mol. The lowest BCUT2D eigenvalue weighted by Crippen LogP contribution is -2.41. The fourth-order valence-electron chi connectivity index (χ4n) is 1.40. The van der Waals surface area contributed by atoms with Crippen molar-refractivity contribution in [2.24, 2.45) is 5.92 Å². The summed E-state index contributed by atoms with van der Waals surface area (Å²) in [5.41, 5.74) is 0. The molecule has 1 heterocycles. The van der Waals surface area contributed by atoms with E-state index in [-0.39, 0.29) is 19.3 Å². The molecule has 0 bridgehead atoms. The molecule has 1 aliphatic rings. The SMILES string of the molecule is OC[C@H]1CCN[C@@H](CO)C1. The smallest absolute Gasteiger partial charge is 0.0584 e. The molecule has 1 saturated heterocycles. The van der Waals surface area contributed by atoms with Gasteiger partial charge in [0, 0.05) is 12.6 Å². The Hall–Kier alpha value is -0.120. The number of aliphatic hydroxyl groups excluding tert-OH is 2. The number of piperidine rings is 1. The third-order valence-corrected chi connectivity index (χ3v) is 2.08. The molecule has 0 saturated carbocycles. The van der Waals surface area contributed by atoms with E-state index in [4.69, 9.17) is 10.2 Å². The summed E-state index contributed by atoms with van der Waals surface area (Å²) < 4.78 is 0. The molecule has 0 amide bonds. The number of aliphatic hydroxyl groups is 2. The van der Waals surface area contributed by atoms with Gasteiger partial charge in [-0.2, -0.15) is 0 Å². The molecule has 0 spiro atoms. The van der Waals surface area contributed by atoms with Crippen LogP contribution in [0.25, 0.3) is 0 Å². The van der Waals surface area contributed by atoms with Gasteiger partial charge in [0.2, 0.25) is 0 Å². The molecule has 0 aromatic rings. The predicted molar refractivity (Wildman–Crippen MR) is 38.7 cm³/mol. The van der Waals surface area contributed by atoms with Gasteiger partial charge in [0.1, 0.15) is 0 Å². The van der Waals surface area contributed by atoms with Gasteiger partial charge in [-0.25, -0.2) is 0 Å². The van der Waals surface area contributed by atoms with Crippen LogP contribution in [0, 0.1) is 5.92 Å². The van der Waals surface area contributed by atoms with Crippen LogP contribution in [0.2, 0.25) is 0 Å². The molecule has 0 radical (unpaired) electrons. The minimum absolute atomic E-state index is 0.191. The zero-order valence-corrected chi connectivity index (χ0v) is 6.08. The molecule has 0 aliphatic carbocycles. The van der Waals surface area contributed by atoms with Gasteiger partial charge in [-0.15, -0.1) is 0 Å². The Morgan fingerprint density at radius 2 is 2.10 bits per heavy atom. The van der Waals surface area contributed by atoms with E-state index < -0.39 is 0 Å². The van der Waals surface area contributed by atoms with Crippen LogP contribution in [-0.2, 0) is 0 Å². The summed E-state index contributed by atoms with van der Waals surface area (Å²) in [5, 5.41) is 20.7. The summed E-state index contributed by atoms with van der Waals surface area (Å²) in [4.78, 5) is 0. The molecule has 10 heavy (non-hydrogen) atoms. The minimum Gasteiger partial charge on any atom is -0.396 e. The lowest BCUT2D eigenvalue weighted by atomic mass is 9.94. The molecule has 2 atom stereocenters. The Kier molecular flexibility index (Phi) is 3.12. The Labute approximate surface area is 61.1 Å². The summed E-state index contributed by atoms with van der Waals surface area (Å²) in [7, 11) is 0. The first-order valence-electron chi connectivity index (χ1n) is 3.82. The highest BCUT2D eigenvalue weighted by Crippen LogP contribution is 2.14. The molecule has 3 heteroatoms. The van der Waals surface area contributed by atoms with Crippen LogP contribution in [0.4, 0.5) is 0 Å². The van der Waals surface area contributed by atoms with Gasteiger partial charge in [-0.1, -0.05) is 0 Å². The van der Waals surface area contributed by atoms with Crippen LogP contribution >= 0.6 is 0 Å². The average molecular weight is 145 g/mol. The molecular formula is C7H15NO2. The van der Waals surface area contributed by atoms with Crippen molar-refractivity contribution in [2.75, 3.05) is 19.8 Å². The second-order valence-electron chi connectivity index (χ2n) is 2.91. The number of hydrogen-bond donors (Lipinski definition) is 3. The maximum absolute atomic E-state index is 8.79. The van der Waals surface area contributed by atoms with E-state index in [9.17, 15) is 0 Å². The van der Waals surface area contributed by atoms with E-state index in [1.54, 1.807) is 0 Å². The van der Waals surface area contributed by atoms with Gasteiger partial charge in [0.05, 0.1) is 6.61 Å². The van der Waals surface area contributed by atoms with Gasteiger partial charge in [-0.05, 0) is 25.3 Å². The maximum Gasteiger partial charge on any atom is 0.0584 e. The second-order valence-corrected chi connectivity index (χ2v) is 2.91. The second kappa shape index (κ2) is 3.91. The van der Waals surface area contributed by atoms with Gasteiger partial charge in [0.25, 0.3) is 0 Å². The van der Waals surface area contributed by atoms with Crippen LogP contribution in [0.3, 0.4) is 0 Å². The summed E-state index contributed by atoms with van der Waals surface area (Å²) in [5.74, 6) is 0.401. The third kappa shape index (κ3) is 1.94. The quantitative estimate of drug-likeness (QED) is 0.483. The van der Waals surface area contributed by atoms with Crippen molar-refractivity contribution in [3.05, 3.63) is 0 Å². The fourth-order valence-corrected chi connectivity index (χ4v) is 1.40. The van der Waals surface area contributed by atoms with Crippen molar-refractivity contribution in [3.8, 4) is 0 Å². The van der Waals surface area contributed by atoms with Gasteiger partial charge < -0.3 is 15.5 Å². The molecule has 3 N–H and O–H groups in total. The summed E-state index contributed by atoms with van der Waals surface area (Å²) in [6.45, 7) is 1.38. The number of nitrogens with one attached hydrogen (secondary N) is 1. The van der Waals surface area contributed by atoms with E-state index in [2.05, 4.69) is 5.32 Å². The number of rotatable bonds is 2. The first kappa shape index (κ1) is 7.98. The van der Waals surface area contributed by atoms with E-state index in [1.165, 1.54) is 0 Å². The molecule has 60 valence electrons. The first-order valence-corrected chi connectivity index (χ1v) is 3.82. The topological polar surface area (TPSA) is 52.5 Å². The Balaban J connectivity index is 2.25. The Morgan fingerprint density at radius 3 is 2.70 bits per heavy atom. The highest BCUT2D eigenvalue weighted by Gasteiger charge is 2.19. The summed E-state index contributed by atoms with van der Waals surface area (Å²) in [6, 6.07) is 0.214. The molecule has 3 nitrogen and oxygen atoms in total. The van der Waals surface area contributed by atoms with Crippen LogP contribution in [0.1, 0.15) is 12.8 Å². The molecule has 1 aliphatic heterocycles. The highest BCUT2D eigenvalue weighted by molar-refractivity contribution is 4.76.